The molecule has 274 valence electrons. The summed E-state index contributed by atoms with van der Waals surface area (Å²) in [7, 11) is 2.65. The molecule has 0 bridgehead atoms. The summed E-state index contributed by atoms with van der Waals surface area (Å²) in [4.78, 5) is 65.7. The van der Waals surface area contributed by atoms with E-state index in [-0.39, 0.29) is 42.2 Å². The second kappa shape index (κ2) is 16.8. The second-order valence-electron chi connectivity index (χ2n) is 13.1. The maximum Gasteiger partial charge on any atom is 0.407 e. The molecule has 2 saturated heterocycles. The smallest absolute Gasteiger partial charge is 0.407 e. The molecule has 2 aromatic carbocycles. The third-order valence-corrected chi connectivity index (χ3v) is 12.3. The normalized spacial score (nSPS) is 18.2. The molecule has 0 aliphatic carbocycles. The Balaban J connectivity index is 1.10. The van der Waals surface area contributed by atoms with Gasteiger partial charge in [0.2, 0.25) is 11.8 Å². The van der Waals surface area contributed by atoms with Crippen LogP contribution in [0.25, 0.3) is 32.0 Å². The van der Waals surface area contributed by atoms with Gasteiger partial charge in [-0.3, -0.25) is 14.4 Å². The van der Waals surface area contributed by atoms with Crippen molar-refractivity contribution in [3.63, 3.8) is 0 Å². The molecular weight excluding hydrogens is 699 g/mol. The van der Waals surface area contributed by atoms with Crippen molar-refractivity contribution in [1.29, 1.82) is 0 Å². The molecule has 4 aromatic rings. The monoisotopic (exact) mass is 743 g/mol. The molecule has 2 aliphatic heterocycles. The van der Waals surface area contributed by atoms with Crippen LogP contribution >= 0.6 is 22.7 Å². The van der Waals surface area contributed by atoms with Crippen molar-refractivity contribution in [3.05, 3.63) is 70.9 Å². The second-order valence-corrected chi connectivity index (χ2v) is 15.3. The van der Waals surface area contributed by atoms with E-state index in [4.69, 9.17) is 19.4 Å². The molecule has 2 aliphatic rings. The van der Waals surface area contributed by atoms with E-state index >= 15 is 0 Å². The molecule has 13 heteroatoms. The van der Waals surface area contributed by atoms with Crippen molar-refractivity contribution in [2.45, 2.75) is 76.9 Å². The lowest BCUT2D eigenvalue weighted by Crippen LogP contribution is -2.48. The zero-order valence-corrected chi connectivity index (χ0v) is 31.6. The zero-order valence-electron chi connectivity index (χ0n) is 30.0. The molecule has 0 unspecified atom stereocenters. The van der Waals surface area contributed by atoms with E-state index < -0.39 is 12.1 Å². The standard InChI is InChI=1S/C39H45N5O6S2/c1-5-24(21-34(45)49-3)37(46)43-19-7-9-30(43)35-40-22-32(51-35)27-15-11-25(12-16-27)26-13-17-28(18-14-26)33-23-41-36(52-33)31-10-8-20-44(31)38(47)29(6-2)42-39(48)50-4/h11-18,22-24,29-31H,5-10,19-21H2,1-4H3,(H,42,48)/t24-,29+,30+,31+/m1/s1. The third-order valence-electron chi connectivity index (χ3n) is 10.0. The van der Waals surface area contributed by atoms with Crippen LogP contribution in [0.2, 0.25) is 0 Å². The van der Waals surface area contributed by atoms with Crippen LogP contribution in [0, 0.1) is 5.92 Å². The summed E-state index contributed by atoms with van der Waals surface area (Å²) >= 11 is 3.22. The average Bonchev–Trinajstić information content (AvgIpc) is 4.02. The number of hydrogen-bond acceptors (Lipinski definition) is 10. The van der Waals surface area contributed by atoms with Crippen LogP contribution in [0.1, 0.15) is 80.9 Å². The zero-order chi connectivity index (χ0) is 36.8. The number of esters is 1. The largest absolute Gasteiger partial charge is 0.469 e. The van der Waals surface area contributed by atoms with Gasteiger partial charge >= 0.3 is 12.1 Å². The van der Waals surface area contributed by atoms with Crippen molar-refractivity contribution < 1.29 is 28.7 Å². The summed E-state index contributed by atoms with van der Waals surface area (Å²) in [6.45, 7) is 5.11. The number of likely N-dealkylation sites (tertiary alicyclic amines) is 2. The molecule has 2 fully saturated rings. The number of alkyl carbamates (subject to hydrolysis) is 1. The Hall–Kier alpha value is -4.62. The summed E-state index contributed by atoms with van der Waals surface area (Å²) in [6, 6.07) is 16.0. The van der Waals surface area contributed by atoms with E-state index in [1.165, 1.54) is 14.2 Å². The highest BCUT2D eigenvalue weighted by molar-refractivity contribution is 7.15. The number of carbonyl (C=O) groups excluding carboxylic acids is 4. The number of nitrogens with zero attached hydrogens (tertiary/aromatic N) is 4. The van der Waals surface area contributed by atoms with Crippen LogP contribution in [0.5, 0.6) is 0 Å². The van der Waals surface area contributed by atoms with Crippen LogP contribution in [0.3, 0.4) is 0 Å². The molecule has 4 atom stereocenters. The van der Waals surface area contributed by atoms with Crippen LogP contribution in [-0.4, -0.2) is 77.0 Å². The van der Waals surface area contributed by atoms with E-state index in [2.05, 4.69) is 53.8 Å². The number of methoxy groups -OCH3 is 2. The lowest BCUT2D eigenvalue weighted by atomic mass is 10.0. The van der Waals surface area contributed by atoms with Crippen molar-refractivity contribution in [2.24, 2.45) is 5.92 Å². The maximum absolute atomic E-state index is 13.4. The Morgan fingerprint density at radius 3 is 1.65 bits per heavy atom. The topological polar surface area (TPSA) is 131 Å². The van der Waals surface area contributed by atoms with Gasteiger partial charge in [-0.05, 0) is 60.8 Å². The minimum atomic E-state index is -0.631. The molecule has 0 spiro atoms. The van der Waals surface area contributed by atoms with Crippen LogP contribution in [0.4, 0.5) is 4.79 Å². The number of hydrogen-bond donors (Lipinski definition) is 1. The number of aromatic nitrogens is 2. The van der Waals surface area contributed by atoms with Crippen molar-refractivity contribution in [1.82, 2.24) is 25.1 Å². The van der Waals surface area contributed by atoms with Gasteiger partial charge in [0, 0.05) is 31.4 Å². The van der Waals surface area contributed by atoms with Crippen LogP contribution in [-0.2, 0) is 23.9 Å². The summed E-state index contributed by atoms with van der Waals surface area (Å²) in [6.07, 6.45) is 7.82. The number of carbonyl (C=O) groups is 4. The van der Waals surface area contributed by atoms with Crippen LogP contribution < -0.4 is 5.32 Å². The van der Waals surface area contributed by atoms with Gasteiger partial charge in [-0.25, -0.2) is 14.8 Å². The van der Waals surface area contributed by atoms with Crippen molar-refractivity contribution in [2.75, 3.05) is 27.3 Å². The van der Waals surface area contributed by atoms with Gasteiger partial charge in [-0.1, -0.05) is 62.4 Å². The number of ether oxygens (including phenoxy) is 2. The molecule has 0 saturated carbocycles. The first-order chi connectivity index (χ1) is 25.2. The fraction of sp³-hybridized carbons (Fsp3) is 0.436. The van der Waals surface area contributed by atoms with Crippen LogP contribution in [0.15, 0.2) is 60.9 Å². The van der Waals surface area contributed by atoms with Crippen molar-refractivity contribution >= 4 is 46.6 Å². The Morgan fingerprint density at radius 2 is 1.21 bits per heavy atom. The van der Waals surface area contributed by atoms with Gasteiger partial charge in [0.25, 0.3) is 0 Å². The predicted molar refractivity (Wildman–Crippen MR) is 202 cm³/mol. The quantitative estimate of drug-likeness (QED) is 0.147. The van der Waals surface area contributed by atoms with Gasteiger partial charge in [0.1, 0.15) is 16.1 Å². The molecule has 6 rings (SSSR count). The fourth-order valence-corrected chi connectivity index (χ4v) is 9.19. The van der Waals surface area contributed by atoms with Gasteiger partial charge < -0.3 is 24.6 Å². The highest BCUT2D eigenvalue weighted by Gasteiger charge is 2.37. The molecule has 3 amide bonds. The molecule has 0 radical (unpaired) electrons. The van der Waals surface area contributed by atoms with E-state index in [1.807, 2.05) is 36.0 Å². The Morgan fingerprint density at radius 1 is 0.731 bits per heavy atom. The summed E-state index contributed by atoms with van der Waals surface area (Å²) in [5, 5.41) is 4.48. The van der Waals surface area contributed by atoms with Crippen molar-refractivity contribution in [3.8, 4) is 32.0 Å². The van der Waals surface area contributed by atoms with E-state index in [9.17, 15) is 19.2 Å². The summed E-state index contributed by atoms with van der Waals surface area (Å²) < 4.78 is 9.53. The van der Waals surface area contributed by atoms with Gasteiger partial charge in [0.05, 0.1) is 42.5 Å². The molecule has 1 N–H and O–H groups in total. The Kier molecular flexibility index (Phi) is 12.0. The Bertz CT molecular complexity index is 1740. The molecule has 4 heterocycles. The minimum Gasteiger partial charge on any atom is -0.469 e. The summed E-state index contributed by atoms with van der Waals surface area (Å²) in [5.41, 5.74) is 4.32. The Labute approximate surface area is 312 Å². The lowest BCUT2D eigenvalue weighted by molar-refractivity contribution is -0.147. The fourth-order valence-electron chi connectivity index (χ4n) is 7.04. The number of nitrogens with one attached hydrogen (secondary N) is 1. The van der Waals surface area contributed by atoms with E-state index in [0.717, 1.165) is 67.7 Å². The number of amides is 3. The van der Waals surface area contributed by atoms with Gasteiger partial charge in [-0.15, -0.1) is 22.7 Å². The first kappa shape index (κ1) is 37.1. The third kappa shape index (κ3) is 8.05. The molecule has 11 nitrogen and oxygen atoms in total. The van der Waals surface area contributed by atoms with E-state index in [1.54, 1.807) is 22.7 Å². The minimum absolute atomic E-state index is 0.00203. The van der Waals surface area contributed by atoms with Gasteiger partial charge in [0.15, 0.2) is 0 Å². The average molecular weight is 744 g/mol. The molecule has 52 heavy (non-hydrogen) atoms. The number of thiazole rings is 2. The number of benzene rings is 2. The molecular formula is C39H45N5O6S2. The highest BCUT2D eigenvalue weighted by atomic mass is 32.1. The summed E-state index contributed by atoms with van der Waals surface area (Å²) in [5.74, 6) is -0.848. The predicted octanol–water partition coefficient (Wildman–Crippen LogP) is 7.65. The first-order valence-electron chi connectivity index (χ1n) is 17.9. The first-order valence-corrected chi connectivity index (χ1v) is 19.5. The van der Waals surface area contributed by atoms with Gasteiger partial charge in [-0.2, -0.15) is 0 Å². The molecule has 2 aromatic heterocycles. The highest BCUT2D eigenvalue weighted by Crippen LogP contribution is 2.40. The maximum atomic E-state index is 13.4. The lowest BCUT2D eigenvalue weighted by Gasteiger charge is -2.27. The number of rotatable bonds is 12. The SMILES string of the molecule is CC[C@H](CC(=O)OC)C(=O)N1CCC[C@H]1c1ncc(-c2ccc(-c3ccc(-c4cnc([C@@H]5CCCN5C(=O)[C@H](CC)NC(=O)OC)s4)cc3)cc2)s1. The van der Waals surface area contributed by atoms with E-state index in [0.29, 0.717) is 25.9 Å².